The molecule has 1 aromatic carbocycles. The minimum absolute atomic E-state index is 0.329. The number of aromatic amines is 1. The highest BCUT2D eigenvalue weighted by Crippen LogP contribution is 2.19. The molecular weight excluding hydrogens is 226 g/mol. The summed E-state index contributed by atoms with van der Waals surface area (Å²) >= 11 is 0. The highest BCUT2D eigenvalue weighted by molar-refractivity contribution is 5.88. The quantitative estimate of drug-likeness (QED) is 0.818. The van der Waals surface area contributed by atoms with E-state index in [1.807, 2.05) is 57.2 Å². The Balaban J connectivity index is 2.19. The van der Waals surface area contributed by atoms with Crippen LogP contribution in [0.5, 0.6) is 0 Å². The minimum atomic E-state index is -0.477. The summed E-state index contributed by atoms with van der Waals surface area (Å²) in [5.74, 6) is -0.329. The number of carbonyl (C=O) groups is 1. The molecule has 2 aromatic rings. The van der Waals surface area contributed by atoms with Gasteiger partial charge in [0.05, 0.1) is 0 Å². The molecule has 0 spiro atoms. The Bertz CT molecular complexity index is 535. The van der Waals surface area contributed by atoms with Crippen molar-refractivity contribution >= 4 is 5.97 Å². The number of H-pyrrole nitrogens is 1. The lowest BCUT2D eigenvalue weighted by molar-refractivity contribution is 0.00637. The standard InChI is InChI=1S/C15H17NO2/c1-15(2,3)18-14(17)13-10-9-12(16-13)11-7-5-4-6-8-11/h4-10,16H,1-3H3. The second kappa shape index (κ2) is 4.69. The van der Waals surface area contributed by atoms with Crippen LogP contribution in [-0.2, 0) is 4.74 Å². The molecule has 3 heteroatoms. The number of hydrogen-bond acceptors (Lipinski definition) is 2. The summed E-state index contributed by atoms with van der Waals surface area (Å²) in [6.07, 6.45) is 0. The predicted molar refractivity (Wildman–Crippen MR) is 71.4 cm³/mol. The van der Waals surface area contributed by atoms with Crippen molar-refractivity contribution in [3.63, 3.8) is 0 Å². The molecule has 1 heterocycles. The van der Waals surface area contributed by atoms with Crippen molar-refractivity contribution in [2.75, 3.05) is 0 Å². The van der Waals surface area contributed by atoms with Crippen molar-refractivity contribution in [1.29, 1.82) is 0 Å². The molecular formula is C15H17NO2. The van der Waals surface area contributed by atoms with Gasteiger partial charge in [0.15, 0.2) is 0 Å². The number of rotatable bonds is 2. The largest absolute Gasteiger partial charge is 0.455 e. The van der Waals surface area contributed by atoms with Gasteiger partial charge in [0.2, 0.25) is 0 Å². The van der Waals surface area contributed by atoms with Crippen LogP contribution in [0.1, 0.15) is 31.3 Å². The highest BCUT2D eigenvalue weighted by Gasteiger charge is 2.19. The Morgan fingerprint density at radius 3 is 2.33 bits per heavy atom. The fourth-order valence-electron chi connectivity index (χ4n) is 1.63. The fraction of sp³-hybridized carbons (Fsp3) is 0.267. The molecule has 0 radical (unpaired) electrons. The molecule has 0 unspecified atom stereocenters. The maximum Gasteiger partial charge on any atom is 0.355 e. The monoisotopic (exact) mass is 243 g/mol. The Kier molecular flexibility index (Phi) is 3.24. The summed E-state index contributed by atoms with van der Waals surface area (Å²) in [5.41, 5.74) is 1.96. The first-order valence-corrected chi connectivity index (χ1v) is 5.93. The first-order valence-electron chi connectivity index (χ1n) is 5.93. The zero-order valence-electron chi connectivity index (χ0n) is 10.9. The maximum absolute atomic E-state index is 11.9. The third-order valence-electron chi connectivity index (χ3n) is 2.39. The number of benzene rings is 1. The van der Waals surface area contributed by atoms with Gasteiger partial charge in [-0.1, -0.05) is 30.3 Å². The van der Waals surface area contributed by atoms with Gasteiger partial charge in [0, 0.05) is 5.69 Å². The summed E-state index contributed by atoms with van der Waals surface area (Å²) in [6.45, 7) is 5.56. The van der Waals surface area contributed by atoms with E-state index in [2.05, 4.69) is 4.98 Å². The van der Waals surface area contributed by atoms with Crippen molar-refractivity contribution in [3.8, 4) is 11.3 Å². The van der Waals surface area contributed by atoms with Crippen LogP contribution in [0, 0.1) is 0 Å². The van der Waals surface area contributed by atoms with Crippen LogP contribution >= 0.6 is 0 Å². The predicted octanol–water partition coefficient (Wildman–Crippen LogP) is 3.64. The first kappa shape index (κ1) is 12.4. The maximum atomic E-state index is 11.9. The Morgan fingerprint density at radius 1 is 1.06 bits per heavy atom. The van der Waals surface area contributed by atoms with Crippen molar-refractivity contribution in [2.45, 2.75) is 26.4 Å². The van der Waals surface area contributed by atoms with E-state index in [-0.39, 0.29) is 5.97 Å². The van der Waals surface area contributed by atoms with E-state index in [9.17, 15) is 4.79 Å². The number of aromatic nitrogens is 1. The SMILES string of the molecule is CC(C)(C)OC(=O)c1ccc(-c2ccccc2)[nH]1. The average Bonchev–Trinajstić information content (AvgIpc) is 2.77. The van der Waals surface area contributed by atoms with E-state index in [1.54, 1.807) is 6.07 Å². The van der Waals surface area contributed by atoms with E-state index < -0.39 is 5.60 Å². The van der Waals surface area contributed by atoms with E-state index in [0.29, 0.717) is 5.69 Å². The number of esters is 1. The van der Waals surface area contributed by atoms with Crippen LogP contribution in [0.2, 0.25) is 0 Å². The number of ether oxygens (including phenoxy) is 1. The molecule has 3 nitrogen and oxygen atoms in total. The fourth-order valence-corrected chi connectivity index (χ4v) is 1.63. The summed E-state index contributed by atoms with van der Waals surface area (Å²) in [4.78, 5) is 14.9. The number of carbonyl (C=O) groups excluding carboxylic acids is 1. The van der Waals surface area contributed by atoms with Gasteiger partial charge in [-0.2, -0.15) is 0 Å². The lowest BCUT2D eigenvalue weighted by Crippen LogP contribution is -2.24. The highest BCUT2D eigenvalue weighted by atomic mass is 16.6. The summed E-state index contributed by atoms with van der Waals surface area (Å²) < 4.78 is 5.30. The number of nitrogens with one attached hydrogen (secondary N) is 1. The first-order chi connectivity index (χ1) is 8.46. The van der Waals surface area contributed by atoms with Gasteiger partial charge in [-0.3, -0.25) is 0 Å². The van der Waals surface area contributed by atoms with Gasteiger partial charge < -0.3 is 9.72 Å². The molecule has 1 aromatic heterocycles. The van der Waals surface area contributed by atoms with Gasteiger partial charge in [0.1, 0.15) is 11.3 Å². The van der Waals surface area contributed by atoms with Crippen molar-refractivity contribution in [1.82, 2.24) is 4.98 Å². The molecule has 2 rings (SSSR count). The van der Waals surface area contributed by atoms with E-state index in [1.165, 1.54) is 0 Å². The smallest absolute Gasteiger partial charge is 0.355 e. The Morgan fingerprint density at radius 2 is 1.72 bits per heavy atom. The molecule has 0 saturated carbocycles. The van der Waals surface area contributed by atoms with Crippen LogP contribution in [-0.4, -0.2) is 16.6 Å². The van der Waals surface area contributed by atoms with Gasteiger partial charge in [-0.05, 0) is 38.5 Å². The molecule has 0 aliphatic heterocycles. The van der Waals surface area contributed by atoms with Crippen LogP contribution in [0.4, 0.5) is 0 Å². The van der Waals surface area contributed by atoms with Crippen LogP contribution in [0.3, 0.4) is 0 Å². The lowest BCUT2D eigenvalue weighted by Gasteiger charge is -2.18. The van der Waals surface area contributed by atoms with Gasteiger partial charge in [-0.15, -0.1) is 0 Å². The molecule has 0 bridgehead atoms. The molecule has 0 atom stereocenters. The second-order valence-electron chi connectivity index (χ2n) is 5.15. The van der Waals surface area contributed by atoms with Gasteiger partial charge in [-0.25, -0.2) is 4.79 Å². The third-order valence-corrected chi connectivity index (χ3v) is 2.39. The summed E-state index contributed by atoms with van der Waals surface area (Å²) in [5, 5.41) is 0. The lowest BCUT2D eigenvalue weighted by atomic mass is 10.2. The van der Waals surface area contributed by atoms with E-state index >= 15 is 0 Å². The molecule has 0 fully saturated rings. The van der Waals surface area contributed by atoms with Crippen LogP contribution in [0.15, 0.2) is 42.5 Å². The average molecular weight is 243 g/mol. The van der Waals surface area contributed by atoms with Crippen LogP contribution in [0.25, 0.3) is 11.3 Å². The minimum Gasteiger partial charge on any atom is -0.455 e. The molecule has 18 heavy (non-hydrogen) atoms. The number of hydrogen-bond donors (Lipinski definition) is 1. The molecule has 94 valence electrons. The topological polar surface area (TPSA) is 42.1 Å². The van der Waals surface area contributed by atoms with Gasteiger partial charge in [0.25, 0.3) is 0 Å². The molecule has 0 aliphatic rings. The van der Waals surface area contributed by atoms with Crippen LogP contribution < -0.4 is 0 Å². The summed E-state index contributed by atoms with van der Waals surface area (Å²) in [7, 11) is 0. The van der Waals surface area contributed by atoms with Crippen molar-refractivity contribution < 1.29 is 9.53 Å². The zero-order chi connectivity index (χ0) is 13.2. The summed E-state index contributed by atoms with van der Waals surface area (Å²) in [6, 6.07) is 13.5. The molecule has 0 amide bonds. The van der Waals surface area contributed by atoms with Crippen molar-refractivity contribution in [2.24, 2.45) is 0 Å². The normalized spacial score (nSPS) is 11.3. The Hall–Kier alpha value is -2.03. The molecule has 1 N–H and O–H groups in total. The third kappa shape index (κ3) is 3.00. The molecule has 0 aliphatic carbocycles. The van der Waals surface area contributed by atoms with E-state index in [4.69, 9.17) is 4.74 Å². The Labute approximate surface area is 107 Å². The van der Waals surface area contributed by atoms with E-state index in [0.717, 1.165) is 11.3 Å². The van der Waals surface area contributed by atoms with Crippen molar-refractivity contribution in [3.05, 3.63) is 48.2 Å². The van der Waals surface area contributed by atoms with Gasteiger partial charge >= 0.3 is 5.97 Å². The zero-order valence-corrected chi connectivity index (χ0v) is 10.9. The second-order valence-corrected chi connectivity index (χ2v) is 5.15. The molecule has 0 saturated heterocycles.